The van der Waals surface area contributed by atoms with E-state index in [1.807, 2.05) is 10.9 Å². The van der Waals surface area contributed by atoms with E-state index in [0.717, 1.165) is 19.6 Å². The largest absolute Gasteiger partial charge is 0.378 e. The molecule has 1 aromatic rings. The Morgan fingerprint density at radius 2 is 2.32 bits per heavy atom. The normalized spacial score (nSPS) is 27.2. The summed E-state index contributed by atoms with van der Waals surface area (Å²) < 4.78 is 7.82. The number of ether oxygens (including phenoxy) is 1. The van der Waals surface area contributed by atoms with Gasteiger partial charge in [-0.15, -0.1) is 0 Å². The van der Waals surface area contributed by atoms with Crippen LogP contribution in [0, 0.1) is 0 Å². The van der Waals surface area contributed by atoms with E-state index in [1.165, 1.54) is 49.8 Å². The van der Waals surface area contributed by atoms with Crippen LogP contribution in [0.4, 0.5) is 0 Å². The molecule has 1 fully saturated rings. The Labute approximate surface area is 115 Å². The van der Waals surface area contributed by atoms with E-state index < -0.39 is 0 Å². The van der Waals surface area contributed by atoms with Crippen molar-refractivity contribution in [2.24, 2.45) is 7.05 Å². The quantitative estimate of drug-likeness (QED) is 0.906. The Morgan fingerprint density at radius 1 is 1.37 bits per heavy atom. The van der Waals surface area contributed by atoms with Crippen LogP contribution in [-0.2, 0) is 18.2 Å². The molecular weight excluding hydrogens is 238 g/mol. The average molecular weight is 263 g/mol. The molecule has 0 aromatic carbocycles. The van der Waals surface area contributed by atoms with Crippen LogP contribution < -0.4 is 5.32 Å². The van der Waals surface area contributed by atoms with Gasteiger partial charge in [0.25, 0.3) is 0 Å². The van der Waals surface area contributed by atoms with Gasteiger partial charge in [0.2, 0.25) is 0 Å². The third-order valence-electron chi connectivity index (χ3n) is 4.51. The van der Waals surface area contributed by atoms with E-state index in [0.29, 0.717) is 12.1 Å². The molecule has 106 valence electrons. The molecule has 1 aliphatic heterocycles. The van der Waals surface area contributed by atoms with Crippen LogP contribution in [0.15, 0.2) is 6.20 Å². The molecule has 0 saturated carbocycles. The molecule has 3 rings (SSSR count). The summed E-state index contributed by atoms with van der Waals surface area (Å²) in [6.45, 7) is 2.02. The fourth-order valence-corrected chi connectivity index (χ4v) is 3.37. The third-order valence-corrected chi connectivity index (χ3v) is 4.51. The van der Waals surface area contributed by atoms with E-state index in [9.17, 15) is 0 Å². The number of aryl methyl sites for hydroxylation is 1. The van der Waals surface area contributed by atoms with Gasteiger partial charge < -0.3 is 10.1 Å². The molecule has 0 spiro atoms. The lowest BCUT2D eigenvalue weighted by Gasteiger charge is -2.26. The van der Waals surface area contributed by atoms with Crippen LogP contribution in [-0.4, -0.2) is 29.0 Å². The molecule has 1 saturated heterocycles. The molecule has 2 unspecified atom stereocenters. The Kier molecular flexibility index (Phi) is 4.18. The first-order valence-corrected chi connectivity index (χ1v) is 7.70. The standard InChI is InChI=1S/C15H25N3O/c1-18-15-7-4-6-14(13(15)11-17-18)16-9-8-12-5-2-3-10-19-12/h11-12,14,16H,2-10H2,1H3. The maximum absolute atomic E-state index is 5.78. The number of nitrogens with one attached hydrogen (secondary N) is 1. The number of nitrogens with zero attached hydrogens (tertiary/aromatic N) is 2. The zero-order valence-corrected chi connectivity index (χ0v) is 11.9. The van der Waals surface area contributed by atoms with Gasteiger partial charge in [-0.1, -0.05) is 0 Å². The van der Waals surface area contributed by atoms with Crippen LogP contribution in [0.3, 0.4) is 0 Å². The maximum Gasteiger partial charge on any atom is 0.0587 e. The second-order valence-electron chi connectivity index (χ2n) is 5.85. The summed E-state index contributed by atoms with van der Waals surface area (Å²) in [5, 5.41) is 8.10. The van der Waals surface area contributed by atoms with Crippen molar-refractivity contribution in [3.8, 4) is 0 Å². The predicted molar refractivity (Wildman–Crippen MR) is 75.1 cm³/mol. The monoisotopic (exact) mass is 263 g/mol. The molecule has 1 N–H and O–H groups in total. The zero-order chi connectivity index (χ0) is 13.1. The Hall–Kier alpha value is -0.870. The van der Waals surface area contributed by atoms with E-state index >= 15 is 0 Å². The summed E-state index contributed by atoms with van der Waals surface area (Å²) in [7, 11) is 2.05. The lowest BCUT2D eigenvalue weighted by Crippen LogP contribution is -2.29. The summed E-state index contributed by atoms with van der Waals surface area (Å²) in [6.07, 6.45) is 11.2. The minimum atomic E-state index is 0.484. The minimum absolute atomic E-state index is 0.484. The molecule has 0 radical (unpaired) electrons. The van der Waals surface area contributed by atoms with Crippen molar-refractivity contribution in [1.82, 2.24) is 15.1 Å². The summed E-state index contributed by atoms with van der Waals surface area (Å²) >= 11 is 0. The zero-order valence-electron chi connectivity index (χ0n) is 11.9. The van der Waals surface area contributed by atoms with Crippen LogP contribution in [0.25, 0.3) is 0 Å². The number of hydrogen-bond acceptors (Lipinski definition) is 3. The van der Waals surface area contributed by atoms with Gasteiger partial charge in [-0.05, 0) is 51.5 Å². The van der Waals surface area contributed by atoms with Crippen LogP contribution >= 0.6 is 0 Å². The molecular formula is C15H25N3O. The molecule has 2 aliphatic rings. The molecule has 2 heterocycles. The van der Waals surface area contributed by atoms with Gasteiger partial charge >= 0.3 is 0 Å². The average Bonchev–Trinajstić information content (AvgIpc) is 2.83. The van der Waals surface area contributed by atoms with Crippen molar-refractivity contribution >= 4 is 0 Å². The van der Waals surface area contributed by atoms with Crippen LogP contribution in [0.1, 0.15) is 55.8 Å². The molecule has 1 aliphatic carbocycles. The third kappa shape index (κ3) is 3.00. The van der Waals surface area contributed by atoms with E-state index in [4.69, 9.17) is 4.74 Å². The van der Waals surface area contributed by atoms with Gasteiger partial charge in [-0.3, -0.25) is 4.68 Å². The number of aromatic nitrogens is 2. The van der Waals surface area contributed by atoms with Crippen molar-refractivity contribution in [3.05, 3.63) is 17.5 Å². The Bertz CT molecular complexity index is 410. The molecule has 1 aromatic heterocycles. The van der Waals surface area contributed by atoms with Crippen molar-refractivity contribution in [2.75, 3.05) is 13.2 Å². The summed E-state index contributed by atoms with van der Waals surface area (Å²) in [4.78, 5) is 0. The van der Waals surface area contributed by atoms with Crippen molar-refractivity contribution < 1.29 is 4.74 Å². The smallest absolute Gasteiger partial charge is 0.0587 e. The summed E-state index contributed by atoms with van der Waals surface area (Å²) in [5.41, 5.74) is 2.83. The fraction of sp³-hybridized carbons (Fsp3) is 0.800. The second kappa shape index (κ2) is 6.06. The van der Waals surface area contributed by atoms with Crippen molar-refractivity contribution in [2.45, 2.75) is 57.1 Å². The minimum Gasteiger partial charge on any atom is -0.378 e. The SMILES string of the molecule is Cn1ncc2c1CCCC2NCCC1CCCCO1. The second-order valence-corrected chi connectivity index (χ2v) is 5.85. The molecule has 4 heteroatoms. The Balaban J connectivity index is 1.50. The van der Waals surface area contributed by atoms with Gasteiger partial charge in [0.05, 0.1) is 12.3 Å². The highest BCUT2D eigenvalue weighted by Crippen LogP contribution is 2.29. The van der Waals surface area contributed by atoms with E-state index in [-0.39, 0.29) is 0 Å². The first-order chi connectivity index (χ1) is 9.34. The van der Waals surface area contributed by atoms with Gasteiger partial charge in [-0.25, -0.2) is 0 Å². The van der Waals surface area contributed by atoms with Crippen molar-refractivity contribution in [1.29, 1.82) is 0 Å². The highest BCUT2D eigenvalue weighted by Gasteiger charge is 2.23. The molecule has 19 heavy (non-hydrogen) atoms. The first kappa shape index (κ1) is 13.1. The van der Waals surface area contributed by atoms with Crippen LogP contribution in [0.5, 0.6) is 0 Å². The Morgan fingerprint density at radius 3 is 3.16 bits per heavy atom. The van der Waals surface area contributed by atoms with E-state index in [1.54, 1.807) is 0 Å². The van der Waals surface area contributed by atoms with Crippen molar-refractivity contribution in [3.63, 3.8) is 0 Å². The topological polar surface area (TPSA) is 39.1 Å². The summed E-state index contributed by atoms with van der Waals surface area (Å²) in [5.74, 6) is 0. The number of fused-ring (bicyclic) bond motifs is 1. The molecule has 0 bridgehead atoms. The highest BCUT2D eigenvalue weighted by atomic mass is 16.5. The highest BCUT2D eigenvalue weighted by molar-refractivity contribution is 5.24. The van der Waals surface area contributed by atoms with Crippen LogP contribution in [0.2, 0.25) is 0 Å². The van der Waals surface area contributed by atoms with Gasteiger partial charge in [0, 0.05) is 31.0 Å². The van der Waals surface area contributed by atoms with Gasteiger partial charge in [-0.2, -0.15) is 5.10 Å². The summed E-state index contributed by atoms with van der Waals surface area (Å²) in [6, 6.07) is 0.501. The molecule has 4 nitrogen and oxygen atoms in total. The van der Waals surface area contributed by atoms with Gasteiger partial charge in [0.15, 0.2) is 0 Å². The first-order valence-electron chi connectivity index (χ1n) is 7.70. The predicted octanol–water partition coefficient (Wildman–Crippen LogP) is 2.35. The number of rotatable bonds is 4. The fourth-order valence-electron chi connectivity index (χ4n) is 3.37. The lowest BCUT2D eigenvalue weighted by molar-refractivity contribution is 0.0111. The van der Waals surface area contributed by atoms with Gasteiger partial charge in [0.1, 0.15) is 0 Å². The lowest BCUT2D eigenvalue weighted by atomic mass is 9.93. The molecule has 0 amide bonds. The maximum atomic E-state index is 5.78. The van der Waals surface area contributed by atoms with E-state index in [2.05, 4.69) is 17.5 Å². The number of hydrogen-bond donors (Lipinski definition) is 1. The molecule has 2 atom stereocenters.